The zero-order valence-electron chi connectivity index (χ0n) is 29.4. The summed E-state index contributed by atoms with van der Waals surface area (Å²) in [5, 5.41) is 43.5. The van der Waals surface area contributed by atoms with Crippen LogP contribution in [0.15, 0.2) is 0 Å². The number of aliphatic hydroxyl groups excluding tert-OH is 4. The molecule has 0 aliphatic carbocycles. The van der Waals surface area contributed by atoms with Crippen LogP contribution in [0.1, 0.15) is 206 Å². The maximum absolute atomic E-state index is 12.4. The van der Waals surface area contributed by atoms with Gasteiger partial charge in [0.1, 0.15) is 12.2 Å². The fourth-order valence-corrected chi connectivity index (χ4v) is 6.17. The molecule has 0 heterocycles. The van der Waals surface area contributed by atoms with Crippen LogP contribution in [0.2, 0.25) is 0 Å². The monoisotopic (exact) mass is 628 g/mol. The number of amides is 1. The third kappa shape index (κ3) is 27.6. The highest BCUT2D eigenvalue weighted by Crippen LogP contribution is 2.16. The van der Waals surface area contributed by atoms with Gasteiger partial charge in [0.15, 0.2) is 0 Å². The first-order valence-electron chi connectivity index (χ1n) is 19.4. The Labute approximate surface area is 273 Å². The topological polar surface area (TPSA) is 110 Å². The summed E-state index contributed by atoms with van der Waals surface area (Å²) >= 11 is 0. The lowest BCUT2D eigenvalue weighted by molar-refractivity contribution is -0.132. The number of hydrogen-bond acceptors (Lipinski definition) is 5. The molecule has 0 spiro atoms. The first-order chi connectivity index (χ1) is 21.5. The molecule has 4 unspecified atom stereocenters. The number of carbonyl (C=O) groups is 1. The van der Waals surface area contributed by atoms with Crippen molar-refractivity contribution in [2.24, 2.45) is 0 Å². The fourth-order valence-electron chi connectivity index (χ4n) is 6.17. The second kappa shape index (κ2) is 33.7. The zero-order chi connectivity index (χ0) is 32.5. The molecule has 0 saturated heterocycles. The third-order valence-corrected chi connectivity index (χ3v) is 9.32. The number of carbonyl (C=O) groups excluding carboxylic acids is 1. The zero-order valence-corrected chi connectivity index (χ0v) is 29.4. The van der Waals surface area contributed by atoms with Gasteiger partial charge >= 0.3 is 0 Å². The highest BCUT2D eigenvalue weighted by Gasteiger charge is 2.28. The Morgan fingerprint density at radius 2 is 0.773 bits per heavy atom. The summed E-state index contributed by atoms with van der Waals surface area (Å²) in [6.45, 7) is 4.04. The van der Waals surface area contributed by atoms with E-state index in [2.05, 4.69) is 19.2 Å². The Balaban J connectivity index is 3.77. The maximum Gasteiger partial charge on any atom is 0.249 e. The Bertz CT molecular complexity index is 590. The lowest BCUT2D eigenvalue weighted by Gasteiger charge is -2.27. The van der Waals surface area contributed by atoms with E-state index in [1.807, 2.05) is 0 Å². The molecule has 4 atom stereocenters. The van der Waals surface area contributed by atoms with Crippen molar-refractivity contribution < 1.29 is 25.2 Å². The lowest BCUT2D eigenvalue weighted by atomic mass is 9.99. The summed E-state index contributed by atoms with van der Waals surface area (Å²) in [5.74, 6) is -0.582. The van der Waals surface area contributed by atoms with E-state index in [0.29, 0.717) is 12.8 Å². The van der Waals surface area contributed by atoms with Crippen LogP contribution in [0.3, 0.4) is 0 Å². The van der Waals surface area contributed by atoms with Crippen molar-refractivity contribution in [1.82, 2.24) is 5.32 Å². The van der Waals surface area contributed by atoms with Crippen molar-refractivity contribution in [2.75, 3.05) is 6.61 Å². The van der Waals surface area contributed by atoms with Gasteiger partial charge in [0, 0.05) is 0 Å². The largest absolute Gasteiger partial charge is 0.394 e. The summed E-state index contributed by atoms with van der Waals surface area (Å²) in [6.07, 6.45) is 32.6. The van der Waals surface area contributed by atoms with Crippen molar-refractivity contribution in [2.45, 2.75) is 231 Å². The molecule has 0 aromatic rings. The van der Waals surface area contributed by atoms with Crippen LogP contribution in [0.25, 0.3) is 0 Å². The normalized spacial score (nSPS) is 14.4. The number of unbranched alkanes of at least 4 members (excludes halogenated alkanes) is 26. The van der Waals surface area contributed by atoms with Gasteiger partial charge in [-0.25, -0.2) is 0 Å². The molecule has 0 aliphatic rings. The van der Waals surface area contributed by atoms with Gasteiger partial charge in [-0.05, 0) is 12.8 Å². The molecule has 0 fully saturated rings. The molecule has 5 N–H and O–H groups in total. The lowest BCUT2D eigenvalue weighted by Crippen LogP contribution is -2.53. The molecule has 0 rings (SSSR count). The predicted octanol–water partition coefficient (Wildman–Crippen LogP) is 9.29. The van der Waals surface area contributed by atoms with E-state index >= 15 is 0 Å². The molecular weight excluding hydrogens is 550 g/mol. The van der Waals surface area contributed by atoms with Crippen LogP contribution < -0.4 is 5.32 Å². The molecule has 0 saturated carbocycles. The van der Waals surface area contributed by atoms with E-state index in [9.17, 15) is 25.2 Å². The second-order valence-electron chi connectivity index (χ2n) is 13.6. The van der Waals surface area contributed by atoms with Crippen molar-refractivity contribution in [3.63, 3.8) is 0 Å². The van der Waals surface area contributed by atoms with Gasteiger partial charge in [-0.2, -0.15) is 0 Å². The quantitative estimate of drug-likeness (QED) is 0.0450. The second-order valence-corrected chi connectivity index (χ2v) is 13.6. The van der Waals surface area contributed by atoms with Crippen molar-refractivity contribution in [3.05, 3.63) is 0 Å². The molecule has 44 heavy (non-hydrogen) atoms. The maximum atomic E-state index is 12.4. The minimum Gasteiger partial charge on any atom is -0.394 e. The highest BCUT2D eigenvalue weighted by molar-refractivity contribution is 5.80. The summed E-state index contributed by atoms with van der Waals surface area (Å²) in [7, 11) is 0. The van der Waals surface area contributed by atoms with Crippen molar-refractivity contribution >= 4 is 5.91 Å². The fraction of sp³-hybridized carbons (Fsp3) is 0.974. The minimum absolute atomic E-state index is 0.375. The van der Waals surface area contributed by atoms with Crippen LogP contribution in [0.4, 0.5) is 0 Å². The summed E-state index contributed by atoms with van der Waals surface area (Å²) in [4.78, 5) is 12.4. The number of aliphatic hydroxyl groups is 4. The molecule has 0 radical (unpaired) electrons. The molecular formula is C38H77NO5. The van der Waals surface area contributed by atoms with Crippen LogP contribution in [0, 0.1) is 0 Å². The van der Waals surface area contributed by atoms with Gasteiger partial charge in [-0.3, -0.25) is 4.79 Å². The molecule has 6 nitrogen and oxygen atoms in total. The Hall–Kier alpha value is -0.690. The van der Waals surface area contributed by atoms with Gasteiger partial charge in [-0.15, -0.1) is 0 Å². The first-order valence-corrected chi connectivity index (χ1v) is 19.4. The molecule has 1 amide bonds. The predicted molar refractivity (Wildman–Crippen MR) is 187 cm³/mol. The van der Waals surface area contributed by atoms with Gasteiger partial charge in [-0.1, -0.05) is 194 Å². The Morgan fingerprint density at radius 3 is 1.09 bits per heavy atom. The van der Waals surface area contributed by atoms with E-state index in [1.165, 1.54) is 141 Å². The van der Waals surface area contributed by atoms with E-state index in [-0.39, 0.29) is 0 Å². The average Bonchev–Trinajstić information content (AvgIpc) is 3.03. The van der Waals surface area contributed by atoms with Crippen LogP contribution >= 0.6 is 0 Å². The summed E-state index contributed by atoms with van der Waals surface area (Å²) in [5.41, 5.74) is 0. The smallest absolute Gasteiger partial charge is 0.249 e. The standard InChI is InChI=1S/C38H77NO5/c1-3-5-7-9-11-13-15-17-18-20-21-23-25-27-29-31-35(41)37(43)34(33-40)39-38(44)36(42)32-30-28-26-24-22-19-16-14-12-10-8-6-4-2/h34-37,40-43H,3-33H2,1-2H3,(H,39,44). The minimum atomic E-state index is -1.25. The Kier molecular flexibility index (Phi) is 33.1. The van der Waals surface area contributed by atoms with Crippen molar-refractivity contribution in [1.29, 1.82) is 0 Å². The van der Waals surface area contributed by atoms with Gasteiger partial charge in [0.25, 0.3) is 0 Å². The van der Waals surface area contributed by atoms with Crippen LogP contribution in [-0.2, 0) is 4.79 Å². The first kappa shape index (κ1) is 43.3. The van der Waals surface area contributed by atoms with E-state index in [4.69, 9.17) is 0 Å². The van der Waals surface area contributed by atoms with Crippen molar-refractivity contribution in [3.8, 4) is 0 Å². The average molecular weight is 628 g/mol. The SMILES string of the molecule is CCCCCCCCCCCCCCCCCC(O)C(O)C(CO)NC(=O)C(O)CCCCCCCCCCCCCCC. The van der Waals surface area contributed by atoms with Gasteiger partial charge in [0.2, 0.25) is 5.91 Å². The number of hydrogen-bond donors (Lipinski definition) is 5. The number of nitrogens with one attached hydrogen (secondary N) is 1. The third-order valence-electron chi connectivity index (χ3n) is 9.32. The molecule has 0 aliphatic heterocycles. The molecule has 264 valence electrons. The molecule has 0 aromatic heterocycles. The summed E-state index contributed by atoms with van der Waals surface area (Å²) in [6, 6.07) is -0.977. The highest BCUT2D eigenvalue weighted by atomic mass is 16.3. The van der Waals surface area contributed by atoms with E-state index in [0.717, 1.165) is 38.5 Å². The van der Waals surface area contributed by atoms with Crippen LogP contribution in [-0.4, -0.2) is 57.3 Å². The molecule has 6 heteroatoms. The van der Waals surface area contributed by atoms with E-state index in [1.54, 1.807) is 0 Å². The molecule has 0 aromatic carbocycles. The number of rotatable bonds is 35. The van der Waals surface area contributed by atoms with Gasteiger partial charge < -0.3 is 25.7 Å². The van der Waals surface area contributed by atoms with Crippen LogP contribution in [0.5, 0.6) is 0 Å². The Morgan fingerprint density at radius 1 is 0.477 bits per heavy atom. The molecule has 0 bridgehead atoms. The van der Waals surface area contributed by atoms with E-state index < -0.39 is 36.9 Å². The summed E-state index contributed by atoms with van der Waals surface area (Å²) < 4.78 is 0. The van der Waals surface area contributed by atoms with Gasteiger partial charge in [0.05, 0.1) is 18.8 Å².